The Morgan fingerprint density at radius 2 is 1.09 bits per heavy atom. The van der Waals surface area contributed by atoms with E-state index < -0.39 is 0 Å². The first-order valence-electron chi connectivity index (χ1n) is 11.3. The van der Waals surface area contributed by atoms with Crippen molar-refractivity contribution in [1.82, 2.24) is 24.8 Å². The molecule has 2 aliphatic rings. The molecule has 2 saturated heterocycles. The van der Waals surface area contributed by atoms with Crippen LogP contribution in [0.25, 0.3) is 0 Å². The minimum Gasteiger partial charge on any atom is -0.354 e. The maximum atomic E-state index is 4.62. The summed E-state index contributed by atoms with van der Waals surface area (Å²) in [6.07, 6.45) is 5.75. The van der Waals surface area contributed by atoms with Gasteiger partial charge in [0.05, 0.1) is 0 Å². The van der Waals surface area contributed by atoms with Gasteiger partial charge in [0.2, 0.25) is 5.95 Å². The molecule has 7 nitrogen and oxygen atoms in total. The molecule has 0 aromatic carbocycles. The van der Waals surface area contributed by atoms with Crippen molar-refractivity contribution >= 4 is 56.9 Å². The second kappa shape index (κ2) is 9.83. The molecule has 0 radical (unpaired) electrons. The predicted molar refractivity (Wildman–Crippen MR) is 147 cm³/mol. The van der Waals surface area contributed by atoms with Gasteiger partial charge in [0.25, 0.3) is 0 Å². The summed E-state index contributed by atoms with van der Waals surface area (Å²) in [7, 11) is 0. The van der Waals surface area contributed by atoms with E-state index in [1.54, 1.807) is 0 Å². The lowest BCUT2D eigenvalue weighted by Crippen LogP contribution is -2.70. The van der Waals surface area contributed by atoms with Gasteiger partial charge in [-0.1, -0.05) is 0 Å². The molecule has 4 rings (SSSR count). The van der Waals surface area contributed by atoms with Crippen molar-refractivity contribution in [1.29, 1.82) is 0 Å². The Morgan fingerprint density at radius 3 is 1.56 bits per heavy atom. The molecular weight excluding hydrogens is 628 g/mol. The first-order valence-corrected chi connectivity index (χ1v) is 13.4. The number of aromatic nitrogens is 3. The van der Waals surface area contributed by atoms with Gasteiger partial charge < -0.3 is 9.80 Å². The van der Waals surface area contributed by atoms with Crippen LogP contribution in [-0.2, 0) is 0 Å². The molecule has 0 saturated carbocycles. The highest BCUT2D eigenvalue weighted by Crippen LogP contribution is 2.35. The smallest absolute Gasteiger partial charge is 0.225 e. The van der Waals surface area contributed by atoms with E-state index in [1.807, 2.05) is 18.6 Å². The molecule has 0 N–H and O–H groups in total. The number of rotatable bonds is 5. The number of hydrogen-bond acceptors (Lipinski definition) is 7. The van der Waals surface area contributed by atoms with E-state index in [2.05, 4.69) is 120 Å². The lowest BCUT2D eigenvalue weighted by Gasteiger charge is -2.57. The third kappa shape index (κ3) is 5.00. The largest absolute Gasteiger partial charge is 0.354 e. The molecular formula is C23H33I2N7. The van der Waals surface area contributed by atoms with Gasteiger partial charge in [-0.15, -0.1) is 0 Å². The molecule has 0 bridgehead atoms. The Hall–Kier alpha value is -0.790. The molecule has 2 aliphatic heterocycles. The molecule has 0 aliphatic carbocycles. The van der Waals surface area contributed by atoms with Crippen LogP contribution in [0.5, 0.6) is 0 Å². The average Bonchev–Trinajstić information content (AvgIpc) is 2.80. The lowest BCUT2D eigenvalue weighted by atomic mass is 9.78. The summed E-state index contributed by atoms with van der Waals surface area (Å²) in [6, 6.07) is 4.28. The van der Waals surface area contributed by atoms with Crippen molar-refractivity contribution < 1.29 is 0 Å². The fourth-order valence-corrected chi connectivity index (χ4v) is 5.36. The van der Waals surface area contributed by atoms with E-state index in [0.29, 0.717) is 0 Å². The summed E-state index contributed by atoms with van der Waals surface area (Å²) >= 11 is 4.57. The first-order chi connectivity index (χ1) is 15.2. The molecule has 0 amide bonds. The Bertz CT molecular complexity index is 810. The molecule has 2 fully saturated rings. The van der Waals surface area contributed by atoms with Crippen molar-refractivity contribution in [2.75, 3.05) is 62.2 Å². The van der Waals surface area contributed by atoms with Crippen LogP contribution in [0.1, 0.15) is 27.7 Å². The van der Waals surface area contributed by atoms with Crippen LogP contribution in [0.15, 0.2) is 30.7 Å². The molecule has 9 heteroatoms. The van der Waals surface area contributed by atoms with Crippen LogP contribution >= 0.6 is 45.2 Å². The van der Waals surface area contributed by atoms with Crippen LogP contribution < -0.4 is 9.80 Å². The Kier molecular flexibility index (Phi) is 7.48. The molecule has 32 heavy (non-hydrogen) atoms. The summed E-state index contributed by atoms with van der Waals surface area (Å²) in [5.74, 6) is 1.94. The van der Waals surface area contributed by atoms with Gasteiger partial charge in [0, 0.05) is 89.2 Å². The maximum absolute atomic E-state index is 4.62. The van der Waals surface area contributed by atoms with Gasteiger partial charge in [-0.2, -0.15) is 0 Å². The van der Waals surface area contributed by atoms with Crippen molar-refractivity contribution in [3.05, 3.63) is 37.9 Å². The van der Waals surface area contributed by atoms with Crippen LogP contribution in [0.4, 0.5) is 11.8 Å². The van der Waals surface area contributed by atoms with Gasteiger partial charge in [-0.3, -0.25) is 9.80 Å². The number of nitrogens with zero attached hydrogens (tertiary/aromatic N) is 7. The van der Waals surface area contributed by atoms with E-state index in [-0.39, 0.29) is 11.1 Å². The van der Waals surface area contributed by atoms with Gasteiger partial charge in [0.15, 0.2) is 0 Å². The topological polar surface area (TPSA) is 51.6 Å². The molecule has 0 unspecified atom stereocenters. The molecule has 2 aromatic heterocycles. The van der Waals surface area contributed by atoms with Gasteiger partial charge in [-0.05, 0) is 85.0 Å². The summed E-state index contributed by atoms with van der Waals surface area (Å²) in [5.41, 5.74) is 0.107. The number of hydrogen-bond donors (Lipinski definition) is 0. The SMILES string of the molecule is CC(C)(N1CCN(c2ccc(I)cn2)CC1)C(C)(C)N1CCN(c2ncc(I)cn2)CC1. The Labute approximate surface area is 219 Å². The van der Waals surface area contributed by atoms with Crippen molar-refractivity contribution in [3.8, 4) is 0 Å². The van der Waals surface area contributed by atoms with Crippen LogP contribution in [0, 0.1) is 7.14 Å². The second-order valence-corrected chi connectivity index (χ2v) is 12.1. The van der Waals surface area contributed by atoms with E-state index in [1.165, 1.54) is 3.57 Å². The van der Waals surface area contributed by atoms with Gasteiger partial charge in [-0.25, -0.2) is 15.0 Å². The van der Waals surface area contributed by atoms with Gasteiger partial charge >= 0.3 is 0 Å². The molecule has 2 aromatic rings. The highest BCUT2D eigenvalue weighted by molar-refractivity contribution is 14.1. The Morgan fingerprint density at radius 1 is 0.625 bits per heavy atom. The zero-order chi connectivity index (χ0) is 22.9. The van der Waals surface area contributed by atoms with E-state index in [4.69, 9.17) is 0 Å². The van der Waals surface area contributed by atoms with Crippen LogP contribution in [0.2, 0.25) is 0 Å². The molecule has 0 spiro atoms. The molecule has 174 valence electrons. The highest BCUT2D eigenvalue weighted by atomic mass is 127. The lowest BCUT2D eigenvalue weighted by molar-refractivity contribution is -0.0412. The summed E-state index contributed by atoms with van der Waals surface area (Å²) in [6.45, 7) is 17.8. The van der Waals surface area contributed by atoms with Crippen LogP contribution in [0.3, 0.4) is 0 Å². The number of anilines is 2. The first kappa shape index (κ1) is 24.3. The monoisotopic (exact) mass is 661 g/mol. The normalized spacial score (nSPS) is 19.4. The minimum absolute atomic E-state index is 0.0509. The molecule has 0 atom stereocenters. The zero-order valence-corrected chi connectivity index (χ0v) is 23.7. The summed E-state index contributed by atoms with van der Waals surface area (Å²) in [5, 5.41) is 0. The second-order valence-electron chi connectivity index (χ2n) is 9.60. The predicted octanol–water partition coefficient (Wildman–Crippen LogP) is 3.58. The third-order valence-corrected chi connectivity index (χ3v) is 8.76. The van der Waals surface area contributed by atoms with E-state index >= 15 is 0 Å². The quantitative estimate of drug-likeness (QED) is 0.455. The summed E-state index contributed by atoms with van der Waals surface area (Å²) < 4.78 is 2.26. The van der Waals surface area contributed by atoms with Crippen molar-refractivity contribution in [2.45, 2.75) is 38.8 Å². The summed E-state index contributed by atoms with van der Waals surface area (Å²) in [4.78, 5) is 23.7. The average molecular weight is 661 g/mol. The fraction of sp³-hybridized carbons (Fsp3) is 0.609. The van der Waals surface area contributed by atoms with Crippen LogP contribution in [-0.4, -0.2) is 88.2 Å². The Balaban J connectivity index is 1.36. The standard InChI is InChI=1S/C23H33I2N7/c1-22(2,31-11-7-29(8-12-31)20-6-5-18(24)15-26-20)23(3,4)32-13-9-30(10-14-32)21-27-16-19(25)17-28-21/h5-6,15-17H,7-14H2,1-4H3. The molecule has 4 heterocycles. The zero-order valence-electron chi connectivity index (χ0n) is 19.4. The fourth-order valence-electron chi connectivity index (χ4n) is 4.76. The van der Waals surface area contributed by atoms with Gasteiger partial charge in [0.1, 0.15) is 5.82 Å². The van der Waals surface area contributed by atoms with Crippen molar-refractivity contribution in [3.63, 3.8) is 0 Å². The number of halogens is 2. The minimum atomic E-state index is 0.0509. The van der Waals surface area contributed by atoms with E-state index in [0.717, 1.165) is 67.7 Å². The number of pyridine rings is 1. The van der Waals surface area contributed by atoms with E-state index in [9.17, 15) is 0 Å². The van der Waals surface area contributed by atoms with Crippen molar-refractivity contribution in [2.24, 2.45) is 0 Å². The maximum Gasteiger partial charge on any atom is 0.225 e. The third-order valence-electron chi connectivity index (χ3n) is 7.56. The number of piperazine rings is 2. The highest BCUT2D eigenvalue weighted by Gasteiger charge is 2.46.